The van der Waals surface area contributed by atoms with Gasteiger partial charge in [0.2, 0.25) is 5.91 Å². The Bertz CT molecular complexity index is 1400. The summed E-state index contributed by atoms with van der Waals surface area (Å²) in [5.41, 5.74) is 0. The Morgan fingerprint density at radius 3 is 1.31 bits per heavy atom. The number of hydrogen-bond donors (Lipinski definition) is 9. The summed E-state index contributed by atoms with van der Waals surface area (Å²) in [6, 6.07) is -0.935. The lowest BCUT2D eigenvalue weighted by Gasteiger charge is -2.46. The van der Waals surface area contributed by atoms with Crippen molar-refractivity contribution < 1.29 is 64.6 Å². The minimum Gasteiger partial charge on any atom is -0.394 e. The van der Waals surface area contributed by atoms with Crippen LogP contribution in [0.2, 0.25) is 0 Å². The van der Waals surface area contributed by atoms with E-state index in [2.05, 4.69) is 43.5 Å². The molecule has 2 rings (SSSR count). The quantitative estimate of drug-likeness (QED) is 0.0204. The highest BCUT2D eigenvalue weighted by Gasteiger charge is 2.51. The molecule has 12 unspecified atom stereocenters. The standard InChI is InChI=1S/C61H113NO13/c1-3-5-7-9-11-13-15-17-19-21-22-23-24-25-26-27-29-30-32-34-36-38-40-42-44-50(65)49(62-53(66)45-43-41-39-37-35-33-31-28-20-18-16-14-12-10-8-6-4-2)48-72-60-58(71)56(69)59(52(47-64)74-60)75-61-57(70)55(68)54(67)51(46-63)73-61/h27,29,34,36,42,44,49-52,54-61,63-65,67-71H,3-26,28,30-33,35,37-41,43,45-48H2,1-2H3,(H,62,66)/b29-27+,36-34+,44-42+. The number of carbonyl (C=O) groups is 1. The van der Waals surface area contributed by atoms with Crippen LogP contribution in [0.15, 0.2) is 36.5 Å². The number of unbranched alkanes of at least 4 members (excludes halogenated alkanes) is 32. The van der Waals surface area contributed by atoms with Crippen molar-refractivity contribution in [1.29, 1.82) is 0 Å². The number of hydrogen-bond acceptors (Lipinski definition) is 13. The van der Waals surface area contributed by atoms with Crippen molar-refractivity contribution in [2.75, 3.05) is 19.8 Å². The lowest BCUT2D eigenvalue weighted by molar-refractivity contribution is -0.359. The summed E-state index contributed by atoms with van der Waals surface area (Å²) >= 11 is 0. The van der Waals surface area contributed by atoms with Crippen LogP contribution in [0.1, 0.15) is 251 Å². The zero-order valence-electron chi connectivity index (χ0n) is 47.3. The number of carbonyl (C=O) groups excluding carboxylic acids is 1. The van der Waals surface area contributed by atoms with Crippen molar-refractivity contribution in [1.82, 2.24) is 5.32 Å². The molecule has 0 bridgehead atoms. The maximum atomic E-state index is 13.2. The van der Waals surface area contributed by atoms with Gasteiger partial charge in [0.05, 0.1) is 32.0 Å². The van der Waals surface area contributed by atoms with Crippen LogP contribution in [-0.2, 0) is 23.7 Å². The van der Waals surface area contributed by atoms with E-state index in [1.165, 1.54) is 173 Å². The Morgan fingerprint density at radius 1 is 0.467 bits per heavy atom. The molecule has 2 aliphatic rings. The normalized spacial score (nSPS) is 25.3. The number of ether oxygens (including phenoxy) is 4. The first-order chi connectivity index (χ1) is 36.6. The first-order valence-electron chi connectivity index (χ1n) is 30.7. The second kappa shape index (κ2) is 47.1. The van der Waals surface area contributed by atoms with Gasteiger partial charge in [0.1, 0.15) is 48.8 Å². The summed E-state index contributed by atoms with van der Waals surface area (Å²) in [5.74, 6) is -0.250. The van der Waals surface area contributed by atoms with Gasteiger partial charge in [0.25, 0.3) is 0 Å². The molecule has 0 aromatic heterocycles. The van der Waals surface area contributed by atoms with Crippen molar-refractivity contribution in [3.8, 4) is 0 Å². The van der Waals surface area contributed by atoms with Gasteiger partial charge in [0, 0.05) is 6.42 Å². The average Bonchev–Trinajstić information content (AvgIpc) is 3.41. The number of amides is 1. The van der Waals surface area contributed by atoms with Gasteiger partial charge in [-0.3, -0.25) is 4.79 Å². The van der Waals surface area contributed by atoms with Gasteiger partial charge < -0.3 is 65.1 Å². The third-order valence-corrected chi connectivity index (χ3v) is 15.1. The SMILES string of the molecule is CCCCCCCCCCCCCCCC/C=C/CC/C=C/CC/C=C/C(O)C(COC1OC(CO)C(OC2OC(CO)C(O)C(O)C2O)C(O)C1O)NC(=O)CCCCCCCCCCCCCCCCCCC. The van der Waals surface area contributed by atoms with E-state index < -0.39 is 86.8 Å². The summed E-state index contributed by atoms with van der Waals surface area (Å²) in [4.78, 5) is 13.2. The molecular weight excluding hydrogens is 955 g/mol. The molecule has 14 nitrogen and oxygen atoms in total. The molecular formula is C61H113NO13. The maximum Gasteiger partial charge on any atom is 0.220 e. The highest BCUT2D eigenvalue weighted by Crippen LogP contribution is 2.30. The first kappa shape index (κ1) is 69.3. The largest absolute Gasteiger partial charge is 0.394 e. The van der Waals surface area contributed by atoms with E-state index >= 15 is 0 Å². The Morgan fingerprint density at radius 2 is 0.853 bits per heavy atom. The zero-order chi connectivity index (χ0) is 54.6. The summed E-state index contributed by atoms with van der Waals surface area (Å²) in [5, 5.41) is 87.1. The summed E-state index contributed by atoms with van der Waals surface area (Å²) < 4.78 is 22.8. The molecule has 1 amide bonds. The molecule has 2 saturated heterocycles. The number of aliphatic hydroxyl groups excluding tert-OH is 8. The second-order valence-corrected chi connectivity index (χ2v) is 21.8. The lowest BCUT2D eigenvalue weighted by Crippen LogP contribution is -2.65. The van der Waals surface area contributed by atoms with Crippen molar-refractivity contribution in [2.45, 2.75) is 325 Å². The van der Waals surface area contributed by atoms with E-state index in [4.69, 9.17) is 18.9 Å². The van der Waals surface area contributed by atoms with Crippen LogP contribution >= 0.6 is 0 Å². The van der Waals surface area contributed by atoms with Crippen molar-refractivity contribution >= 4 is 5.91 Å². The average molecular weight is 1070 g/mol. The molecule has 14 heteroatoms. The molecule has 0 spiro atoms. The monoisotopic (exact) mass is 1070 g/mol. The van der Waals surface area contributed by atoms with Crippen molar-refractivity contribution in [2.24, 2.45) is 0 Å². The number of allylic oxidation sites excluding steroid dienone is 5. The summed E-state index contributed by atoms with van der Waals surface area (Å²) in [7, 11) is 0. The van der Waals surface area contributed by atoms with Gasteiger partial charge in [-0.1, -0.05) is 237 Å². The van der Waals surface area contributed by atoms with Gasteiger partial charge in [-0.25, -0.2) is 0 Å². The third-order valence-electron chi connectivity index (χ3n) is 15.1. The van der Waals surface area contributed by atoms with E-state index in [1.54, 1.807) is 6.08 Å². The van der Waals surface area contributed by atoms with Crippen molar-refractivity contribution in [3.05, 3.63) is 36.5 Å². The molecule has 0 aliphatic carbocycles. The number of nitrogens with one attached hydrogen (secondary N) is 1. The fraction of sp³-hybridized carbons (Fsp3) is 0.885. The van der Waals surface area contributed by atoms with Gasteiger partial charge >= 0.3 is 0 Å². The molecule has 0 aromatic carbocycles. The zero-order valence-corrected chi connectivity index (χ0v) is 47.3. The van der Waals surface area contributed by atoms with E-state index in [9.17, 15) is 45.6 Å². The Balaban J connectivity index is 1.78. The van der Waals surface area contributed by atoms with Crippen LogP contribution in [0.4, 0.5) is 0 Å². The Hall–Kier alpha value is -1.79. The molecule has 2 heterocycles. The van der Waals surface area contributed by atoms with Gasteiger partial charge in [-0.15, -0.1) is 0 Å². The number of rotatable bonds is 49. The molecule has 2 aliphatic heterocycles. The molecule has 2 fully saturated rings. The molecule has 12 atom stereocenters. The highest BCUT2D eigenvalue weighted by molar-refractivity contribution is 5.76. The molecule has 9 N–H and O–H groups in total. The summed E-state index contributed by atoms with van der Waals surface area (Å²) in [6.45, 7) is 2.80. The van der Waals surface area contributed by atoms with Crippen LogP contribution in [0.3, 0.4) is 0 Å². The summed E-state index contributed by atoms with van der Waals surface area (Å²) in [6.07, 6.45) is 40.5. The fourth-order valence-electron chi connectivity index (χ4n) is 10.1. The second-order valence-electron chi connectivity index (χ2n) is 21.8. The third kappa shape index (κ3) is 32.8. The molecule has 75 heavy (non-hydrogen) atoms. The van der Waals surface area contributed by atoms with Crippen LogP contribution in [0.5, 0.6) is 0 Å². The van der Waals surface area contributed by atoms with Crippen LogP contribution < -0.4 is 5.32 Å². The Kier molecular flexibility index (Phi) is 43.5. The van der Waals surface area contributed by atoms with E-state index in [0.717, 1.165) is 44.9 Å². The highest BCUT2D eigenvalue weighted by atomic mass is 16.7. The van der Waals surface area contributed by atoms with Gasteiger partial charge in [-0.05, 0) is 44.9 Å². The topological polar surface area (TPSA) is 228 Å². The van der Waals surface area contributed by atoms with Crippen LogP contribution in [0.25, 0.3) is 0 Å². The van der Waals surface area contributed by atoms with Gasteiger partial charge in [0.15, 0.2) is 12.6 Å². The minimum atomic E-state index is -1.79. The van der Waals surface area contributed by atoms with Crippen molar-refractivity contribution in [3.63, 3.8) is 0 Å². The smallest absolute Gasteiger partial charge is 0.220 e. The molecule has 0 radical (unpaired) electrons. The van der Waals surface area contributed by atoms with E-state index in [1.807, 2.05) is 6.08 Å². The predicted molar refractivity (Wildman–Crippen MR) is 300 cm³/mol. The first-order valence-corrected chi connectivity index (χ1v) is 30.7. The Labute approximate surface area is 455 Å². The maximum absolute atomic E-state index is 13.2. The molecule has 440 valence electrons. The molecule has 0 saturated carbocycles. The van der Waals surface area contributed by atoms with Gasteiger partial charge in [-0.2, -0.15) is 0 Å². The minimum absolute atomic E-state index is 0.250. The lowest BCUT2D eigenvalue weighted by atomic mass is 9.97. The van der Waals surface area contributed by atoms with E-state index in [0.29, 0.717) is 12.8 Å². The number of aliphatic hydroxyl groups is 8. The predicted octanol–water partition coefficient (Wildman–Crippen LogP) is 10.6. The van der Waals surface area contributed by atoms with Crippen LogP contribution in [-0.4, -0.2) is 140 Å². The van der Waals surface area contributed by atoms with E-state index in [-0.39, 0.29) is 18.9 Å². The molecule has 0 aromatic rings. The van der Waals surface area contributed by atoms with Crippen LogP contribution in [0, 0.1) is 0 Å². The fourth-order valence-corrected chi connectivity index (χ4v) is 10.1.